The van der Waals surface area contributed by atoms with E-state index in [9.17, 15) is 10.4 Å². The van der Waals surface area contributed by atoms with E-state index in [1.165, 1.54) is 0 Å². The second kappa shape index (κ2) is 6.91. The first-order valence-electron chi connectivity index (χ1n) is 9.49. The molecule has 0 radical (unpaired) electrons. The van der Waals surface area contributed by atoms with Crippen LogP contribution >= 0.6 is 11.6 Å². The third-order valence-corrected chi connectivity index (χ3v) is 6.74. The fourth-order valence-corrected chi connectivity index (χ4v) is 5.41. The van der Waals surface area contributed by atoms with Gasteiger partial charge in [0.1, 0.15) is 0 Å². The van der Waals surface area contributed by atoms with E-state index in [0.717, 1.165) is 36.8 Å². The van der Waals surface area contributed by atoms with Gasteiger partial charge in [-0.1, -0.05) is 41.9 Å². The van der Waals surface area contributed by atoms with Crippen molar-refractivity contribution < 1.29 is 5.11 Å². The number of hydrogen-bond donors (Lipinski definition) is 1. The van der Waals surface area contributed by atoms with E-state index >= 15 is 0 Å². The number of hydrogen-bond acceptors (Lipinski definition) is 4. The number of nitriles is 1. The van der Waals surface area contributed by atoms with E-state index in [4.69, 9.17) is 11.6 Å². The zero-order valence-corrected chi connectivity index (χ0v) is 16.2. The van der Waals surface area contributed by atoms with E-state index in [1.807, 2.05) is 24.3 Å². The van der Waals surface area contributed by atoms with E-state index in [2.05, 4.69) is 35.0 Å². The van der Waals surface area contributed by atoms with Gasteiger partial charge in [-0.25, -0.2) is 0 Å². The molecule has 2 aliphatic rings. The highest BCUT2D eigenvalue weighted by atomic mass is 35.5. The standard InChI is InChI=1S/C22H24ClN3O/c1-21(15-27,16-5-3-2-4-6-16)26-19-7-8-20(26)11-22(10-19,14-24)17-9-18(23)13-25-12-17/h2-6,9,12-13,19-20,27H,7-8,10-11,15H2,1H3. The van der Waals surface area contributed by atoms with Crippen molar-refractivity contribution in [3.05, 3.63) is 64.9 Å². The number of pyridine rings is 1. The van der Waals surface area contributed by atoms with Crippen LogP contribution in [0.3, 0.4) is 0 Å². The van der Waals surface area contributed by atoms with Crippen LogP contribution in [0.2, 0.25) is 5.02 Å². The van der Waals surface area contributed by atoms with E-state index < -0.39 is 11.0 Å². The second-order valence-corrected chi connectivity index (χ2v) is 8.52. The molecule has 0 amide bonds. The van der Waals surface area contributed by atoms with Crippen LogP contribution in [-0.4, -0.2) is 33.7 Å². The first kappa shape index (κ1) is 18.4. The predicted octanol–water partition coefficient (Wildman–Crippen LogP) is 4.03. The van der Waals surface area contributed by atoms with Crippen LogP contribution in [0.5, 0.6) is 0 Å². The Morgan fingerprint density at radius 3 is 2.48 bits per heavy atom. The Morgan fingerprint density at radius 2 is 1.93 bits per heavy atom. The van der Waals surface area contributed by atoms with Gasteiger partial charge < -0.3 is 5.11 Å². The minimum atomic E-state index is -0.562. The molecule has 2 aliphatic heterocycles. The van der Waals surface area contributed by atoms with Gasteiger partial charge in [0.25, 0.3) is 0 Å². The summed E-state index contributed by atoms with van der Waals surface area (Å²) in [6.45, 7) is 2.18. The zero-order chi connectivity index (χ0) is 19.1. The molecule has 5 heteroatoms. The molecule has 2 fully saturated rings. The topological polar surface area (TPSA) is 60.1 Å². The molecule has 4 nitrogen and oxygen atoms in total. The molecule has 3 atom stereocenters. The van der Waals surface area contributed by atoms with Crippen molar-refractivity contribution in [3.8, 4) is 6.07 Å². The number of benzene rings is 1. The Hall–Kier alpha value is -1.93. The largest absolute Gasteiger partial charge is 0.394 e. The molecule has 0 aliphatic carbocycles. The Bertz CT molecular complexity index is 851. The van der Waals surface area contributed by atoms with Crippen LogP contribution in [-0.2, 0) is 11.0 Å². The lowest BCUT2D eigenvalue weighted by Gasteiger charge is -2.51. The number of piperidine rings is 1. The van der Waals surface area contributed by atoms with Crippen molar-refractivity contribution in [2.75, 3.05) is 6.61 Å². The second-order valence-electron chi connectivity index (χ2n) is 8.08. The summed E-state index contributed by atoms with van der Waals surface area (Å²) in [6, 6.07) is 15.2. The number of aliphatic hydroxyl groups is 1. The van der Waals surface area contributed by atoms with Gasteiger partial charge in [-0.05, 0) is 49.8 Å². The Labute approximate surface area is 165 Å². The highest BCUT2D eigenvalue weighted by molar-refractivity contribution is 6.30. The van der Waals surface area contributed by atoms with Gasteiger partial charge in [0.15, 0.2) is 0 Å². The summed E-state index contributed by atoms with van der Waals surface area (Å²) in [7, 11) is 0. The Balaban J connectivity index is 1.71. The lowest BCUT2D eigenvalue weighted by molar-refractivity contribution is -0.0322. The number of halogens is 1. The molecule has 3 unspecified atom stereocenters. The third-order valence-electron chi connectivity index (χ3n) is 6.53. The highest BCUT2D eigenvalue weighted by Crippen LogP contribution is 2.51. The van der Waals surface area contributed by atoms with Crippen molar-refractivity contribution in [2.24, 2.45) is 0 Å². The normalized spacial score (nSPS) is 29.9. The maximum atomic E-state index is 10.4. The van der Waals surface area contributed by atoms with E-state index in [1.54, 1.807) is 12.4 Å². The van der Waals surface area contributed by atoms with E-state index in [-0.39, 0.29) is 18.7 Å². The molecule has 2 saturated heterocycles. The average molecular weight is 382 g/mol. The molecule has 2 aromatic rings. The first-order chi connectivity index (χ1) is 13.0. The zero-order valence-electron chi connectivity index (χ0n) is 15.5. The van der Waals surface area contributed by atoms with Gasteiger partial charge in [0, 0.05) is 24.5 Å². The molecule has 2 bridgehead atoms. The summed E-state index contributed by atoms with van der Waals surface area (Å²) in [4.78, 5) is 6.69. The van der Waals surface area contributed by atoms with E-state index in [0.29, 0.717) is 5.02 Å². The molecule has 1 aromatic carbocycles. The number of aromatic nitrogens is 1. The van der Waals surface area contributed by atoms with Crippen molar-refractivity contribution in [2.45, 2.75) is 55.6 Å². The molecular weight excluding hydrogens is 358 g/mol. The lowest BCUT2D eigenvalue weighted by Crippen LogP contribution is -2.58. The maximum absolute atomic E-state index is 10.4. The molecular formula is C22H24ClN3O. The summed E-state index contributed by atoms with van der Waals surface area (Å²) >= 11 is 6.16. The van der Waals surface area contributed by atoms with Gasteiger partial charge >= 0.3 is 0 Å². The van der Waals surface area contributed by atoms with Crippen molar-refractivity contribution in [1.29, 1.82) is 5.26 Å². The number of rotatable bonds is 4. The summed E-state index contributed by atoms with van der Waals surface area (Å²) < 4.78 is 0. The van der Waals surface area contributed by atoms with Gasteiger partial charge in [0.05, 0.1) is 28.7 Å². The fourth-order valence-electron chi connectivity index (χ4n) is 5.24. The SMILES string of the molecule is CC(CO)(c1ccccc1)N1C2CCC1CC(C#N)(c1cncc(Cl)c1)C2. The summed E-state index contributed by atoms with van der Waals surface area (Å²) in [6.07, 6.45) is 6.97. The minimum Gasteiger partial charge on any atom is -0.394 e. The van der Waals surface area contributed by atoms with Gasteiger partial charge in [-0.15, -0.1) is 0 Å². The molecule has 27 heavy (non-hydrogen) atoms. The van der Waals surface area contributed by atoms with Crippen LogP contribution in [0, 0.1) is 11.3 Å². The number of nitrogens with zero attached hydrogens (tertiary/aromatic N) is 3. The molecule has 0 saturated carbocycles. The fraction of sp³-hybridized carbons (Fsp3) is 0.455. The molecule has 3 heterocycles. The molecule has 1 aromatic heterocycles. The van der Waals surface area contributed by atoms with Crippen molar-refractivity contribution in [1.82, 2.24) is 9.88 Å². The smallest absolute Gasteiger partial charge is 0.0867 e. The molecule has 4 rings (SSSR count). The Kier molecular flexibility index (Phi) is 4.71. The monoisotopic (exact) mass is 381 g/mol. The van der Waals surface area contributed by atoms with Crippen LogP contribution in [0.25, 0.3) is 0 Å². The molecule has 0 spiro atoms. The number of fused-ring (bicyclic) bond motifs is 2. The number of aliphatic hydroxyl groups excluding tert-OH is 1. The van der Waals surface area contributed by atoms with Crippen LogP contribution in [0.1, 0.15) is 43.7 Å². The van der Waals surface area contributed by atoms with Crippen LogP contribution in [0.15, 0.2) is 48.8 Å². The minimum absolute atomic E-state index is 0.0578. The third kappa shape index (κ3) is 2.95. The predicted molar refractivity (Wildman–Crippen MR) is 105 cm³/mol. The van der Waals surface area contributed by atoms with Gasteiger partial charge in [-0.3, -0.25) is 9.88 Å². The Morgan fingerprint density at radius 1 is 1.26 bits per heavy atom. The van der Waals surface area contributed by atoms with Gasteiger partial charge in [-0.2, -0.15) is 5.26 Å². The first-order valence-corrected chi connectivity index (χ1v) is 9.87. The van der Waals surface area contributed by atoms with Crippen molar-refractivity contribution >= 4 is 11.6 Å². The van der Waals surface area contributed by atoms with Crippen LogP contribution in [0.4, 0.5) is 0 Å². The summed E-state index contributed by atoms with van der Waals surface area (Å²) in [5.74, 6) is 0. The molecule has 140 valence electrons. The summed E-state index contributed by atoms with van der Waals surface area (Å²) in [5, 5.41) is 21.1. The maximum Gasteiger partial charge on any atom is 0.0867 e. The summed E-state index contributed by atoms with van der Waals surface area (Å²) in [5.41, 5.74) is 1.03. The highest BCUT2D eigenvalue weighted by Gasteiger charge is 2.54. The van der Waals surface area contributed by atoms with Crippen molar-refractivity contribution in [3.63, 3.8) is 0 Å². The lowest BCUT2D eigenvalue weighted by atomic mass is 9.70. The quantitative estimate of drug-likeness (QED) is 0.868. The van der Waals surface area contributed by atoms with Crippen LogP contribution < -0.4 is 0 Å². The van der Waals surface area contributed by atoms with Gasteiger partial charge in [0.2, 0.25) is 0 Å². The average Bonchev–Trinajstić information content (AvgIpc) is 2.99. The molecule has 1 N–H and O–H groups in total.